The van der Waals surface area contributed by atoms with Crippen molar-refractivity contribution in [3.8, 4) is 6.07 Å². The van der Waals surface area contributed by atoms with Crippen LogP contribution in [0.25, 0.3) is 16.3 Å². The summed E-state index contributed by atoms with van der Waals surface area (Å²) in [4.78, 5) is 11.9. The lowest BCUT2D eigenvalue weighted by Gasteiger charge is -2.04. The van der Waals surface area contributed by atoms with Crippen LogP contribution in [0.1, 0.15) is 16.1 Å². The highest BCUT2D eigenvalue weighted by Crippen LogP contribution is 2.26. The number of esters is 1. The Morgan fingerprint density at radius 2 is 2.11 bits per heavy atom. The predicted molar refractivity (Wildman–Crippen MR) is 71.0 cm³/mol. The van der Waals surface area contributed by atoms with Gasteiger partial charge in [0.25, 0.3) is 0 Å². The van der Waals surface area contributed by atoms with Crippen molar-refractivity contribution in [3.05, 3.63) is 53.9 Å². The molecule has 0 N–H and O–H groups in total. The van der Waals surface area contributed by atoms with Crippen molar-refractivity contribution in [1.29, 1.82) is 5.26 Å². The first-order valence-corrected chi connectivity index (χ1v) is 5.77. The lowest BCUT2D eigenvalue weighted by atomic mass is 10.1. The SMILES string of the molecule is COC(=O)c1cc(C#N)n2ccc3ccccc3c12. The third-order valence-corrected chi connectivity index (χ3v) is 3.18. The van der Waals surface area contributed by atoms with Gasteiger partial charge >= 0.3 is 5.97 Å². The Kier molecular flexibility index (Phi) is 2.46. The molecule has 0 saturated heterocycles. The van der Waals surface area contributed by atoms with Crippen molar-refractivity contribution < 1.29 is 9.53 Å². The molecule has 0 atom stereocenters. The average molecular weight is 250 g/mol. The first-order valence-electron chi connectivity index (χ1n) is 5.77. The first-order chi connectivity index (χ1) is 9.26. The standard InChI is InChI=1S/C15H10N2O2/c1-19-15(18)13-8-11(9-16)17-7-6-10-4-2-3-5-12(10)14(13)17/h2-8H,1H3. The van der Waals surface area contributed by atoms with Crippen LogP contribution in [0, 0.1) is 11.3 Å². The van der Waals surface area contributed by atoms with Crippen LogP contribution in [0.4, 0.5) is 0 Å². The van der Waals surface area contributed by atoms with Gasteiger partial charge in [-0.05, 0) is 17.5 Å². The fourth-order valence-electron chi connectivity index (χ4n) is 2.32. The smallest absolute Gasteiger partial charge is 0.340 e. The summed E-state index contributed by atoms with van der Waals surface area (Å²) < 4.78 is 6.51. The maximum Gasteiger partial charge on any atom is 0.340 e. The highest BCUT2D eigenvalue weighted by molar-refractivity contribution is 6.08. The summed E-state index contributed by atoms with van der Waals surface area (Å²) in [7, 11) is 1.34. The van der Waals surface area contributed by atoms with Crippen LogP contribution in [0.2, 0.25) is 0 Å². The van der Waals surface area contributed by atoms with Gasteiger partial charge in [0.2, 0.25) is 0 Å². The summed E-state index contributed by atoms with van der Waals surface area (Å²) in [5, 5.41) is 11.1. The number of nitriles is 1. The molecule has 0 aliphatic rings. The molecule has 2 aromatic heterocycles. The van der Waals surface area contributed by atoms with Gasteiger partial charge in [-0.1, -0.05) is 24.3 Å². The van der Waals surface area contributed by atoms with E-state index < -0.39 is 5.97 Å². The highest BCUT2D eigenvalue weighted by Gasteiger charge is 2.17. The zero-order chi connectivity index (χ0) is 13.4. The molecule has 3 rings (SSSR count). The van der Waals surface area contributed by atoms with E-state index in [1.165, 1.54) is 7.11 Å². The fourth-order valence-corrected chi connectivity index (χ4v) is 2.32. The minimum Gasteiger partial charge on any atom is -0.465 e. The Morgan fingerprint density at radius 3 is 2.84 bits per heavy atom. The number of pyridine rings is 1. The lowest BCUT2D eigenvalue weighted by molar-refractivity contribution is 0.0603. The Morgan fingerprint density at radius 1 is 1.32 bits per heavy atom. The molecule has 0 spiro atoms. The van der Waals surface area contributed by atoms with Gasteiger partial charge in [-0.25, -0.2) is 4.79 Å². The minimum atomic E-state index is -0.435. The largest absolute Gasteiger partial charge is 0.465 e. The summed E-state index contributed by atoms with van der Waals surface area (Å²) >= 11 is 0. The Bertz CT molecular complexity index is 840. The second-order valence-electron chi connectivity index (χ2n) is 4.17. The zero-order valence-electron chi connectivity index (χ0n) is 10.3. The van der Waals surface area contributed by atoms with E-state index in [1.54, 1.807) is 16.7 Å². The van der Waals surface area contributed by atoms with E-state index in [4.69, 9.17) is 10.00 Å². The van der Waals surface area contributed by atoms with Gasteiger partial charge in [0.15, 0.2) is 0 Å². The number of hydrogen-bond acceptors (Lipinski definition) is 3. The molecular weight excluding hydrogens is 240 g/mol. The normalized spacial score (nSPS) is 10.5. The van der Waals surface area contributed by atoms with Gasteiger partial charge in [0.1, 0.15) is 11.8 Å². The van der Waals surface area contributed by atoms with Crippen molar-refractivity contribution in [2.45, 2.75) is 0 Å². The number of rotatable bonds is 1. The van der Waals surface area contributed by atoms with E-state index in [-0.39, 0.29) is 0 Å². The summed E-state index contributed by atoms with van der Waals surface area (Å²) in [5.74, 6) is -0.435. The predicted octanol–water partition coefficient (Wildman–Crippen LogP) is 2.75. The maximum absolute atomic E-state index is 11.9. The molecule has 0 aliphatic carbocycles. The Hall–Kier alpha value is -2.80. The third kappa shape index (κ3) is 1.56. The van der Waals surface area contributed by atoms with Crippen LogP contribution in [0.15, 0.2) is 42.6 Å². The zero-order valence-corrected chi connectivity index (χ0v) is 10.3. The number of hydrogen-bond donors (Lipinski definition) is 0. The first kappa shape index (κ1) is 11.3. The summed E-state index contributed by atoms with van der Waals surface area (Å²) in [6.45, 7) is 0. The summed E-state index contributed by atoms with van der Waals surface area (Å²) in [5.41, 5.74) is 1.54. The molecule has 3 aromatic rings. The second kappa shape index (κ2) is 4.14. The molecule has 2 heterocycles. The van der Waals surface area contributed by atoms with Crippen molar-refractivity contribution in [2.24, 2.45) is 0 Å². The molecule has 0 unspecified atom stereocenters. The number of carbonyl (C=O) groups excluding carboxylic acids is 1. The van der Waals surface area contributed by atoms with Gasteiger partial charge in [-0.15, -0.1) is 0 Å². The van der Waals surface area contributed by atoms with Crippen LogP contribution in [0.5, 0.6) is 0 Å². The Labute approximate surface area is 109 Å². The van der Waals surface area contributed by atoms with E-state index >= 15 is 0 Å². The van der Waals surface area contributed by atoms with E-state index in [1.807, 2.05) is 30.3 Å². The molecule has 0 amide bonds. The molecule has 0 aliphatic heterocycles. The number of aromatic nitrogens is 1. The Balaban J connectivity index is 2.53. The van der Waals surface area contributed by atoms with E-state index in [0.29, 0.717) is 16.8 Å². The molecule has 1 aromatic carbocycles. The number of benzene rings is 1. The molecule has 0 bridgehead atoms. The molecule has 0 radical (unpaired) electrons. The van der Waals surface area contributed by atoms with Gasteiger partial charge in [-0.2, -0.15) is 5.26 Å². The molecule has 92 valence electrons. The average Bonchev–Trinajstić information content (AvgIpc) is 2.85. The van der Waals surface area contributed by atoms with Crippen molar-refractivity contribution in [1.82, 2.24) is 4.40 Å². The van der Waals surface area contributed by atoms with Crippen LogP contribution >= 0.6 is 0 Å². The van der Waals surface area contributed by atoms with Crippen molar-refractivity contribution in [2.75, 3.05) is 7.11 Å². The number of carbonyl (C=O) groups is 1. The molecular formula is C15H10N2O2. The van der Waals surface area contributed by atoms with Gasteiger partial charge in [0.05, 0.1) is 18.2 Å². The topological polar surface area (TPSA) is 54.5 Å². The fraction of sp³-hybridized carbons (Fsp3) is 0.0667. The highest BCUT2D eigenvalue weighted by atomic mass is 16.5. The third-order valence-electron chi connectivity index (χ3n) is 3.18. The monoisotopic (exact) mass is 250 g/mol. The van der Waals surface area contributed by atoms with Crippen LogP contribution in [0.3, 0.4) is 0 Å². The molecule has 4 heteroatoms. The van der Waals surface area contributed by atoms with Gasteiger partial charge in [0, 0.05) is 11.6 Å². The molecule has 19 heavy (non-hydrogen) atoms. The maximum atomic E-state index is 11.9. The number of nitrogens with zero attached hydrogens (tertiary/aromatic N) is 2. The van der Waals surface area contributed by atoms with Gasteiger partial charge in [-0.3, -0.25) is 0 Å². The minimum absolute atomic E-state index is 0.413. The molecule has 4 nitrogen and oxygen atoms in total. The number of fused-ring (bicyclic) bond motifs is 3. The van der Waals surface area contributed by atoms with Crippen molar-refractivity contribution >= 4 is 22.3 Å². The second-order valence-corrected chi connectivity index (χ2v) is 4.17. The number of ether oxygens (including phenoxy) is 1. The molecule has 0 saturated carbocycles. The summed E-state index contributed by atoms with van der Waals surface area (Å²) in [6, 6.07) is 13.3. The summed E-state index contributed by atoms with van der Waals surface area (Å²) in [6.07, 6.45) is 1.79. The van der Waals surface area contributed by atoms with E-state index in [2.05, 4.69) is 6.07 Å². The van der Waals surface area contributed by atoms with Crippen LogP contribution < -0.4 is 0 Å². The quantitative estimate of drug-likeness (QED) is 0.624. The van der Waals surface area contributed by atoms with E-state index in [0.717, 1.165) is 10.8 Å². The van der Waals surface area contributed by atoms with Crippen LogP contribution in [-0.2, 0) is 4.74 Å². The van der Waals surface area contributed by atoms with Crippen LogP contribution in [-0.4, -0.2) is 17.5 Å². The molecule has 0 fully saturated rings. The van der Waals surface area contributed by atoms with Crippen molar-refractivity contribution in [3.63, 3.8) is 0 Å². The van der Waals surface area contributed by atoms with Gasteiger partial charge < -0.3 is 9.14 Å². The van der Waals surface area contributed by atoms with E-state index in [9.17, 15) is 4.79 Å². The lowest BCUT2D eigenvalue weighted by Crippen LogP contribution is -2.00. The number of methoxy groups -OCH3 is 1.